The van der Waals surface area contributed by atoms with Gasteiger partial charge in [-0.2, -0.15) is 11.8 Å². The SMILES string of the molecule is CCCN(CCSC)Cc1ccccc1N. The summed E-state index contributed by atoms with van der Waals surface area (Å²) < 4.78 is 0. The topological polar surface area (TPSA) is 29.3 Å². The molecule has 0 aromatic heterocycles. The van der Waals surface area contributed by atoms with E-state index in [0.717, 1.165) is 25.3 Å². The number of nitrogens with two attached hydrogens (primary N) is 1. The van der Waals surface area contributed by atoms with Gasteiger partial charge in [0, 0.05) is 24.5 Å². The highest BCUT2D eigenvalue weighted by Crippen LogP contribution is 2.13. The molecule has 0 amide bonds. The summed E-state index contributed by atoms with van der Waals surface area (Å²) >= 11 is 1.90. The Morgan fingerprint density at radius 3 is 2.62 bits per heavy atom. The Labute approximate surface area is 103 Å². The highest BCUT2D eigenvalue weighted by atomic mass is 32.2. The fourth-order valence-corrected chi connectivity index (χ4v) is 2.17. The highest BCUT2D eigenvalue weighted by molar-refractivity contribution is 7.98. The Balaban J connectivity index is 2.56. The van der Waals surface area contributed by atoms with Crippen LogP contribution in [0.15, 0.2) is 24.3 Å². The van der Waals surface area contributed by atoms with Gasteiger partial charge in [0.1, 0.15) is 0 Å². The third-order valence-corrected chi connectivity index (χ3v) is 3.19. The number of nitrogens with zero attached hydrogens (tertiary/aromatic N) is 1. The van der Waals surface area contributed by atoms with Crippen LogP contribution >= 0.6 is 11.8 Å². The van der Waals surface area contributed by atoms with Crippen LogP contribution in [0.5, 0.6) is 0 Å². The summed E-state index contributed by atoms with van der Waals surface area (Å²) in [5.41, 5.74) is 8.12. The van der Waals surface area contributed by atoms with Crippen molar-refractivity contribution < 1.29 is 0 Å². The van der Waals surface area contributed by atoms with Crippen LogP contribution in [0.1, 0.15) is 18.9 Å². The lowest BCUT2D eigenvalue weighted by Gasteiger charge is -2.22. The van der Waals surface area contributed by atoms with Crippen LogP contribution < -0.4 is 5.73 Å². The average Bonchev–Trinajstić information content (AvgIpc) is 2.29. The molecule has 0 spiro atoms. The summed E-state index contributed by atoms with van der Waals surface area (Å²) in [4.78, 5) is 2.47. The third kappa shape index (κ3) is 4.45. The molecule has 0 aliphatic carbocycles. The molecular weight excluding hydrogens is 216 g/mol. The van der Waals surface area contributed by atoms with Gasteiger partial charge in [0.2, 0.25) is 0 Å². The lowest BCUT2D eigenvalue weighted by atomic mass is 10.1. The first-order chi connectivity index (χ1) is 7.77. The Morgan fingerprint density at radius 2 is 2.00 bits per heavy atom. The van der Waals surface area contributed by atoms with Gasteiger partial charge in [-0.15, -0.1) is 0 Å². The molecule has 0 saturated carbocycles. The zero-order chi connectivity index (χ0) is 11.8. The standard InChI is InChI=1S/C13H22N2S/c1-3-8-15(9-10-16-2)11-12-6-4-5-7-13(12)14/h4-7H,3,8-11,14H2,1-2H3. The maximum atomic E-state index is 5.96. The summed E-state index contributed by atoms with van der Waals surface area (Å²) in [6.07, 6.45) is 3.35. The minimum absolute atomic E-state index is 0.910. The van der Waals surface area contributed by atoms with Gasteiger partial charge >= 0.3 is 0 Å². The molecule has 0 fully saturated rings. The zero-order valence-corrected chi connectivity index (χ0v) is 11.1. The van der Waals surface area contributed by atoms with Crippen molar-refractivity contribution in [1.82, 2.24) is 4.90 Å². The average molecular weight is 238 g/mol. The second kappa shape index (κ2) is 7.58. The molecule has 0 aliphatic rings. The molecule has 1 rings (SSSR count). The van der Waals surface area contributed by atoms with Crippen LogP contribution in [-0.4, -0.2) is 30.0 Å². The molecule has 0 aliphatic heterocycles. The van der Waals surface area contributed by atoms with Gasteiger partial charge in [-0.3, -0.25) is 4.90 Å². The lowest BCUT2D eigenvalue weighted by Crippen LogP contribution is -2.27. The monoisotopic (exact) mass is 238 g/mol. The van der Waals surface area contributed by atoms with E-state index in [2.05, 4.69) is 30.2 Å². The first kappa shape index (κ1) is 13.4. The van der Waals surface area contributed by atoms with Gasteiger partial charge in [-0.05, 0) is 30.9 Å². The lowest BCUT2D eigenvalue weighted by molar-refractivity contribution is 0.283. The molecule has 1 aromatic rings. The Morgan fingerprint density at radius 1 is 1.25 bits per heavy atom. The molecule has 2 nitrogen and oxygen atoms in total. The molecule has 90 valence electrons. The normalized spacial score (nSPS) is 10.9. The van der Waals surface area contributed by atoms with Crippen LogP contribution in [-0.2, 0) is 6.54 Å². The molecule has 0 heterocycles. The molecule has 0 saturated heterocycles. The van der Waals surface area contributed by atoms with Crippen molar-refractivity contribution in [2.24, 2.45) is 0 Å². The molecule has 1 aromatic carbocycles. The Hall–Kier alpha value is -0.670. The molecule has 16 heavy (non-hydrogen) atoms. The molecule has 3 heteroatoms. The number of nitrogen functional groups attached to an aromatic ring is 1. The van der Waals surface area contributed by atoms with Crippen molar-refractivity contribution in [2.75, 3.05) is 30.8 Å². The molecule has 0 atom stereocenters. The summed E-state index contributed by atoms with van der Waals surface area (Å²) in [6.45, 7) is 5.49. The van der Waals surface area contributed by atoms with Crippen LogP contribution in [0, 0.1) is 0 Å². The minimum atomic E-state index is 0.910. The highest BCUT2D eigenvalue weighted by Gasteiger charge is 2.06. The van der Waals surface area contributed by atoms with Crippen molar-refractivity contribution >= 4 is 17.4 Å². The van der Waals surface area contributed by atoms with Crippen LogP contribution in [0.4, 0.5) is 5.69 Å². The van der Waals surface area contributed by atoms with Crippen molar-refractivity contribution in [1.29, 1.82) is 0 Å². The predicted molar refractivity (Wildman–Crippen MR) is 74.8 cm³/mol. The van der Waals surface area contributed by atoms with Crippen LogP contribution in [0.3, 0.4) is 0 Å². The number of rotatable bonds is 7. The van der Waals surface area contributed by atoms with E-state index in [9.17, 15) is 0 Å². The third-order valence-electron chi connectivity index (χ3n) is 2.60. The summed E-state index contributed by atoms with van der Waals surface area (Å²) in [5, 5.41) is 0. The Bertz CT molecular complexity index is 302. The van der Waals surface area contributed by atoms with E-state index in [4.69, 9.17) is 5.73 Å². The number of anilines is 1. The molecular formula is C13H22N2S. The molecule has 0 bridgehead atoms. The largest absolute Gasteiger partial charge is 0.398 e. The van der Waals surface area contributed by atoms with Gasteiger partial charge in [0.15, 0.2) is 0 Å². The quantitative estimate of drug-likeness (QED) is 0.741. The van der Waals surface area contributed by atoms with Crippen LogP contribution in [0.2, 0.25) is 0 Å². The number of hydrogen-bond donors (Lipinski definition) is 1. The summed E-state index contributed by atoms with van der Waals surface area (Å²) in [6, 6.07) is 8.15. The van der Waals surface area contributed by atoms with E-state index < -0.39 is 0 Å². The second-order valence-electron chi connectivity index (χ2n) is 3.97. The van der Waals surface area contributed by atoms with Gasteiger partial charge < -0.3 is 5.73 Å². The van der Waals surface area contributed by atoms with E-state index >= 15 is 0 Å². The first-order valence-corrected chi connectivity index (χ1v) is 7.22. The minimum Gasteiger partial charge on any atom is -0.398 e. The van der Waals surface area contributed by atoms with E-state index in [-0.39, 0.29) is 0 Å². The fraction of sp³-hybridized carbons (Fsp3) is 0.538. The van der Waals surface area contributed by atoms with Crippen molar-refractivity contribution in [3.63, 3.8) is 0 Å². The zero-order valence-electron chi connectivity index (χ0n) is 10.3. The maximum Gasteiger partial charge on any atom is 0.0359 e. The first-order valence-electron chi connectivity index (χ1n) is 5.82. The van der Waals surface area contributed by atoms with E-state index in [1.54, 1.807) is 0 Å². The van der Waals surface area contributed by atoms with Gasteiger partial charge in [0.25, 0.3) is 0 Å². The second-order valence-corrected chi connectivity index (χ2v) is 4.95. The van der Waals surface area contributed by atoms with Crippen molar-refractivity contribution in [3.8, 4) is 0 Å². The molecule has 0 unspecified atom stereocenters. The summed E-state index contributed by atoms with van der Waals surface area (Å²) in [7, 11) is 0. The molecule has 2 N–H and O–H groups in total. The number of thioether (sulfide) groups is 1. The van der Waals surface area contributed by atoms with E-state index in [1.807, 2.05) is 23.9 Å². The molecule has 0 radical (unpaired) electrons. The van der Waals surface area contributed by atoms with Gasteiger partial charge in [-0.25, -0.2) is 0 Å². The van der Waals surface area contributed by atoms with Gasteiger partial charge in [0.05, 0.1) is 0 Å². The number of benzene rings is 1. The maximum absolute atomic E-state index is 5.96. The van der Waals surface area contributed by atoms with Crippen LogP contribution in [0.25, 0.3) is 0 Å². The van der Waals surface area contributed by atoms with Gasteiger partial charge in [-0.1, -0.05) is 25.1 Å². The van der Waals surface area contributed by atoms with Crippen molar-refractivity contribution in [3.05, 3.63) is 29.8 Å². The van der Waals surface area contributed by atoms with E-state index in [0.29, 0.717) is 0 Å². The smallest absolute Gasteiger partial charge is 0.0359 e. The number of para-hydroxylation sites is 1. The summed E-state index contributed by atoms with van der Waals surface area (Å²) in [5.74, 6) is 1.19. The van der Waals surface area contributed by atoms with E-state index in [1.165, 1.54) is 17.7 Å². The Kier molecular flexibility index (Phi) is 6.34. The number of hydrogen-bond acceptors (Lipinski definition) is 3. The predicted octanol–water partition coefficient (Wildman–Crippen LogP) is 2.84. The van der Waals surface area contributed by atoms with Crippen molar-refractivity contribution in [2.45, 2.75) is 19.9 Å². The fourth-order valence-electron chi connectivity index (χ4n) is 1.73.